The summed E-state index contributed by atoms with van der Waals surface area (Å²) in [6, 6.07) is 12.3. The van der Waals surface area contributed by atoms with Crippen LogP contribution in [0.15, 0.2) is 59.2 Å². The smallest absolute Gasteiger partial charge is 0.335 e. The molecule has 3 rings (SSSR count). The summed E-state index contributed by atoms with van der Waals surface area (Å²) >= 11 is 0. The molecule has 134 valence electrons. The van der Waals surface area contributed by atoms with E-state index in [2.05, 4.69) is 4.99 Å². The van der Waals surface area contributed by atoms with Gasteiger partial charge in [-0.2, -0.15) is 0 Å². The molecule has 2 aromatic rings. The molecule has 0 spiro atoms. The number of aliphatic hydroxyl groups is 1. The van der Waals surface area contributed by atoms with Crippen LogP contribution in [0.25, 0.3) is 0 Å². The largest absolute Gasteiger partial charge is 0.478 e. The lowest BCUT2D eigenvalue weighted by atomic mass is 9.79. The van der Waals surface area contributed by atoms with Gasteiger partial charge in [0.05, 0.1) is 11.3 Å². The average Bonchev–Trinajstić information content (AvgIpc) is 2.93. The van der Waals surface area contributed by atoms with Crippen LogP contribution in [0.3, 0.4) is 0 Å². The first-order valence-corrected chi connectivity index (χ1v) is 8.80. The lowest BCUT2D eigenvalue weighted by Crippen LogP contribution is -2.31. The van der Waals surface area contributed by atoms with Crippen molar-refractivity contribution in [3.05, 3.63) is 82.1 Å². The number of carbonyl (C=O) groups is 1. The Morgan fingerprint density at radius 3 is 2.65 bits per heavy atom. The molecule has 0 saturated heterocycles. The highest BCUT2D eigenvalue weighted by atomic mass is 16.4. The van der Waals surface area contributed by atoms with Gasteiger partial charge in [-0.05, 0) is 67.5 Å². The van der Waals surface area contributed by atoms with Crippen LogP contribution >= 0.6 is 0 Å². The topological polar surface area (TPSA) is 69.9 Å². The quantitative estimate of drug-likeness (QED) is 0.861. The van der Waals surface area contributed by atoms with Crippen molar-refractivity contribution in [2.24, 2.45) is 4.99 Å². The number of nitrogens with zero attached hydrogens (tertiary/aromatic N) is 1. The maximum Gasteiger partial charge on any atom is 0.335 e. The van der Waals surface area contributed by atoms with E-state index in [1.165, 1.54) is 12.1 Å². The van der Waals surface area contributed by atoms with Gasteiger partial charge in [0.25, 0.3) is 0 Å². The molecule has 1 unspecified atom stereocenters. The van der Waals surface area contributed by atoms with Gasteiger partial charge in [-0.25, -0.2) is 4.79 Å². The van der Waals surface area contributed by atoms with E-state index in [1.807, 2.05) is 44.3 Å². The molecule has 2 aromatic carbocycles. The molecule has 1 atom stereocenters. The van der Waals surface area contributed by atoms with Gasteiger partial charge in [0.1, 0.15) is 0 Å². The third kappa shape index (κ3) is 3.20. The summed E-state index contributed by atoms with van der Waals surface area (Å²) in [5, 5.41) is 21.3. The highest BCUT2D eigenvalue weighted by molar-refractivity contribution is 5.88. The van der Waals surface area contributed by atoms with E-state index in [9.17, 15) is 15.0 Å². The van der Waals surface area contributed by atoms with Crippen LogP contribution in [0.1, 0.15) is 51.9 Å². The van der Waals surface area contributed by atoms with Crippen LogP contribution in [-0.4, -0.2) is 22.4 Å². The molecule has 4 heteroatoms. The molecular formula is C22H23NO3. The van der Waals surface area contributed by atoms with E-state index < -0.39 is 11.6 Å². The Labute approximate surface area is 153 Å². The summed E-state index contributed by atoms with van der Waals surface area (Å²) in [5.41, 5.74) is 2.46. The lowest BCUT2D eigenvalue weighted by molar-refractivity contribution is 0.0696. The predicted molar refractivity (Wildman–Crippen MR) is 103 cm³/mol. The van der Waals surface area contributed by atoms with E-state index in [0.717, 1.165) is 36.0 Å². The summed E-state index contributed by atoms with van der Waals surface area (Å²) < 4.78 is 0. The first-order chi connectivity index (χ1) is 12.4. The van der Waals surface area contributed by atoms with Crippen molar-refractivity contribution in [3.63, 3.8) is 0 Å². The maximum atomic E-state index is 11.9. The second kappa shape index (κ2) is 7.26. The SMILES string of the molecule is Cc1cccc(C(O)(C2=CCCCC=N2)c2cccc(C(=O)O)c2)c1C. The molecule has 0 aliphatic carbocycles. The van der Waals surface area contributed by atoms with Crippen LogP contribution in [0.2, 0.25) is 0 Å². The summed E-state index contributed by atoms with van der Waals surface area (Å²) in [4.78, 5) is 16.0. The summed E-state index contributed by atoms with van der Waals surface area (Å²) in [5.74, 6) is -1.02. The van der Waals surface area contributed by atoms with Crippen molar-refractivity contribution < 1.29 is 15.0 Å². The van der Waals surface area contributed by atoms with Crippen molar-refractivity contribution >= 4 is 12.2 Å². The van der Waals surface area contributed by atoms with Crippen molar-refractivity contribution in [2.45, 2.75) is 38.7 Å². The Morgan fingerprint density at radius 2 is 1.88 bits per heavy atom. The van der Waals surface area contributed by atoms with Crippen molar-refractivity contribution in [2.75, 3.05) is 0 Å². The number of benzene rings is 2. The minimum absolute atomic E-state index is 0.143. The molecule has 26 heavy (non-hydrogen) atoms. The molecule has 0 fully saturated rings. The molecule has 0 amide bonds. The van der Waals surface area contributed by atoms with Crippen LogP contribution in [-0.2, 0) is 5.60 Å². The van der Waals surface area contributed by atoms with Crippen LogP contribution < -0.4 is 0 Å². The first kappa shape index (κ1) is 18.1. The van der Waals surface area contributed by atoms with Gasteiger partial charge in [-0.15, -0.1) is 0 Å². The van der Waals surface area contributed by atoms with E-state index in [-0.39, 0.29) is 5.56 Å². The standard InChI is InChI=1S/C22H23NO3/c1-15-8-6-11-19(16(15)2)22(26,20-12-4-3-5-13-23-20)18-10-7-9-17(14-18)21(24)25/h6-14,26H,3-5H2,1-2H3,(H,24,25). The third-order valence-electron chi connectivity index (χ3n) is 5.00. The molecule has 1 heterocycles. The Kier molecular flexibility index (Phi) is 5.05. The molecule has 2 N–H and O–H groups in total. The lowest BCUT2D eigenvalue weighted by Gasteiger charge is -2.32. The van der Waals surface area contributed by atoms with Gasteiger partial charge < -0.3 is 10.2 Å². The van der Waals surface area contributed by atoms with Crippen LogP contribution in [0.4, 0.5) is 0 Å². The van der Waals surface area contributed by atoms with E-state index >= 15 is 0 Å². The summed E-state index contributed by atoms with van der Waals surface area (Å²) in [7, 11) is 0. The molecule has 4 nitrogen and oxygen atoms in total. The fraction of sp³-hybridized carbons (Fsp3) is 0.273. The van der Waals surface area contributed by atoms with Crippen LogP contribution in [0.5, 0.6) is 0 Å². The number of aliphatic imine (C=N–C) groups is 1. The molecule has 0 aromatic heterocycles. The number of hydrogen-bond acceptors (Lipinski definition) is 3. The van der Waals surface area contributed by atoms with Gasteiger partial charge in [0, 0.05) is 6.21 Å². The van der Waals surface area contributed by atoms with Gasteiger partial charge in [-0.3, -0.25) is 4.99 Å². The van der Waals surface area contributed by atoms with E-state index in [4.69, 9.17) is 0 Å². The first-order valence-electron chi connectivity index (χ1n) is 8.80. The number of hydrogen-bond donors (Lipinski definition) is 2. The Bertz CT molecular complexity index is 898. The molecule has 1 aliphatic heterocycles. The fourth-order valence-corrected chi connectivity index (χ4v) is 3.37. The number of aryl methyl sites for hydroxylation is 1. The van der Waals surface area contributed by atoms with Crippen molar-refractivity contribution in [1.29, 1.82) is 0 Å². The number of rotatable bonds is 4. The third-order valence-corrected chi connectivity index (χ3v) is 5.00. The normalized spacial score (nSPS) is 16.5. The highest BCUT2D eigenvalue weighted by Crippen LogP contribution is 2.40. The highest BCUT2D eigenvalue weighted by Gasteiger charge is 2.38. The second-order valence-electron chi connectivity index (χ2n) is 6.68. The van der Waals surface area contributed by atoms with Crippen LogP contribution in [0, 0.1) is 13.8 Å². The van der Waals surface area contributed by atoms with Gasteiger partial charge in [0.2, 0.25) is 0 Å². The molecule has 1 aliphatic rings. The fourth-order valence-electron chi connectivity index (χ4n) is 3.37. The van der Waals surface area contributed by atoms with Gasteiger partial charge >= 0.3 is 5.97 Å². The predicted octanol–water partition coefficient (Wildman–Crippen LogP) is 4.38. The Morgan fingerprint density at radius 1 is 1.12 bits per heavy atom. The minimum atomic E-state index is -1.50. The molecule has 0 radical (unpaired) electrons. The number of carboxylic acid groups (broad SMARTS) is 1. The zero-order valence-electron chi connectivity index (χ0n) is 15.1. The van der Waals surface area contributed by atoms with E-state index in [0.29, 0.717) is 11.3 Å². The Balaban J connectivity index is 2.29. The van der Waals surface area contributed by atoms with Crippen molar-refractivity contribution in [3.8, 4) is 0 Å². The molecule has 0 bridgehead atoms. The van der Waals surface area contributed by atoms with Gasteiger partial charge in [-0.1, -0.05) is 36.4 Å². The molecule has 0 saturated carbocycles. The van der Waals surface area contributed by atoms with E-state index in [1.54, 1.807) is 12.1 Å². The average molecular weight is 349 g/mol. The number of carboxylic acids is 1. The second-order valence-corrected chi connectivity index (χ2v) is 6.68. The zero-order chi connectivity index (χ0) is 18.7. The number of aromatic carboxylic acids is 1. The summed E-state index contributed by atoms with van der Waals surface area (Å²) in [6.45, 7) is 3.97. The maximum absolute atomic E-state index is 11.9. The zero-order valence-corrected chi connectivity index (χ0v) is 15.1. The van der Waals surface area contributed by atoms with Crippen molar-refractivity contribution in [1.82, 2.24) is 0 Å². The monoisotopic (exact) mass is 349 g/mol. The summed E-state index contributed by atoms with van der Waals surface area (Å²) in [6.07, 6.45) is 6.44. The minimum Gasteiger partial charge on any atom is -0.478 e. The van der Waals surface area contributed by atoms with Gasteiger partial charge in [0.15, 0.2) is 5.60 Å². The number of allylic oxidation sites excluding steroid dienone is 1. The Hall–Kier alpha value is -2.72. The molecular weight excluding hydrogens is 326 g/mol.